The van der Waals surface area contributed by atoms with Crippen LogP contribution in [0.1, 0.15) is 51.2 Å². The summed E-state index contributed by atoms with van der Waals surface area (Å²) in [7, 11) is -3.75. The number of fused-ring (bicyclic) bond motifs is 1. The molecule has 0 spiro atoms. The first-order valence-electron chi connectivity index (χ1n) is 10.4. The fourth-order valence-corrected chi connectivity index (χ4v) is 4.89. The average Bonchev–Trinajstić information content (AvgIpc) is 3.03. The lowest BCUT2D eigenvalue weighted by Gasteiger charge is -2.20. The average molecular weight is 444 g/mol. The van der Waals surface area contributed by atoms with E-state index in [1.54, 1.807) is 17.0 Å². The molecule has 1 aliphatic rings. The van der Waals surface area contributed by atoms with E-state index in [1.807, 2.05) is 31.2 Å². The van der Waals surface area contributed by atoms with Gasteiger partial charge in [0.05, 0.1) is 4.90 Å². The summed E-state index contributed by atoms with van der Waals surface area (Å²) in [4.78, 5) is 25.8. The van der Waals surface area contributed by atoms with Crippen molar-refractivity contribution in [3.63, 3.8) is 0 Å². The summed E-state index contributed by atoms with van der Waals surface area (Å²) >= 11 is 0. The summed E-state index contributed by atoms with van der Waals surface area (Å²) in [5.74, 6) is 0.0804. The quantitative estimate of drug-likeness (QED) is 0.685. The maximum atomic E-state index is 12.6. The smallest absolute Gasteiger partial charge is 0.240 e. The van der Waals surface area contributed by atoms with Gasteiger partial charge in [0.25, 0.3) is 0 Å². The van der Waals surface area contributed by atoms with Gasteiger partial charge in [0, 0.05) is 37.3 Å². The molecule has 2 aromatic rings. The van der Waals surface area contributed by atoms with Gasteiger partial charge in [0.15, 0.2) is 0 Å². The second kappa shape index (κ2) is 9.20. The van der Waals surface area contributed by atoms with Gasteiger partial charge >= 0.3 is 0 Å². The van der Waals surface area contributed by atoms with E-state index in [-0.39, 0.29) is 35.7 Å². The number of nitrogens with one attached hydrogen (secondary N) is 2. The number of amides is 2. The number of benzene rings is 2. The minimum absolute atomic E-state index is 0.00304. The lowest BCUT2D eigenvalue weighted by Crippen LogP contribution is -2.33. The topological polar surface area (TPSA) is 95.6 Å². The lowest BCUT2D eigenvalue weighted by molar-refractivity contribution is -0.117. The number of sulfonamides is 1. The Hall–Kier alpha value is -2.71. The molecule has 1 aliphatic heterocycles. The van der Waals surface area contributed by atoms with E-state index >= 15 is 0 Å². The molecule has 0 radical (unpaired) electrons. The van der Waals surface area contributed by atoms with Crippen molar-refractivity contribution in [1.82, 2.24) is 4.72 Å². The number of rotatable bonds is 7. The summed E-state index contributed by atoms with van der Waals surface area (Å²) < 4.78 is 27.8. The van der Waals surface area contributed by atoms with E-state index in [9.17, 15) is 18.0 Å². The molecular formula is C23H29N3O4S. The van der Waals surface area contributed by atoms with Crippen LogP contribution in [0.3, 0.4) is 0 Å². The number of hydrogen-bond donors (Lipinski definition) is 2. The van der Waals surface area contributed by atoms with Gasteiger partial charge in [0.1, 0.15) is 0 Å². The zero-order valence-corrected chi connectivity index (χ0v) is 19.1. The summed E-state index contributed by atoms with van der Waals surface area (Å²) in [6.07, 6.45) is 0.627. The highest BCUT2D eigenvalue weighted by atomic mass is 32.2. The molecule has 31 heavy (non-hydrogen) atoms. The van der Waals surface area contributed by atoms with Gasteiger partial charge in [-0.15, -0.1) is 0 Å². The molecule has 1 atom stereocenters. The molecule has 8 heteroatoms. The zero-order valence-electron chi connectivity index (χ0n) is 18.3. The first kappa shape index (κ1) is 23.0. The Morgan fingerprint density at radius 2 is 1.81 bits per heavy atom. The fraction of sp³-hybridized carbons (Fsp3) is 0.391. The van der Waals surface area contributed by atoms with E-state index in [0.717, 1.165) is 11.3 Å². The van der Waals surface area contributed by atoms with Crippen molar-refractivity contribution in [3.05, 3.63) is 53.6 Å². The van der Waals surface area contributed by atoms with Crippen molar-refractivity contribution in [2.24, 2.45) is 0 Å². The van der Waals surface area contributed by atoms with Crippen LogP contribution in [0.25, 0.3) is 0 Å². The molecule has 2 amide bonds. The Labute approximate surface area is 183 Å². The minimum Gasteiger partial charge on any atom is -0.326 e. The third kappa shape index (κ3) is 5.32. The maximum absolute atomic E-state index is 12.6. The van der Waals surface area contributed by atoms with Gasteiger partial charge < -0.3 is 10.2 Å². The summed E-state index contributed by atoms with van der Waals surface area (Å²) in [5.41, 5.74) is 3.44. The molecule has 2 N–H and O–H groups in total. The standard InChI is InChI=1S/C23H29N3O4S/c1-15(2)18-5-7-20(8-6-18)25-23(28)11-12-24-31(29,30)21-9-10-22-19(14-21)13-16(3)26(22)17(4)27/h5-10,14-16,24H,11-13H2,1-4H3,(H,25,28)/t16-/m1/s1. The Morgan fingerprint density at radius 3 is 2.42 bits per heavy atom. The van der Waals surface area contributed by atoms with E-state index in [1.165, 1.54) is 18.6 Å². The third-order valence-corrected chi connectivity index (χ3v) is 6.88. The molecule has 0 unspecified atom stereocenters. The van der Waals surface area contributed by atoms with Crippen LogP contribution in [-0.4, -0.2) is 32.8 Å². The van der Waals surface area contributed by atoms with Crippen LogP contribution in [0.5, 0.6) is 0 Å². The highest BCUT2D eigenvalue weighted by Crippen LogP contribution is 2.33. The van der Waals surface area contributed by atoms with Gasteiger partial charge in [-0.2, -0.15) is 0 Å². The predicted molar refractivity (Wildman–Crippen MR) is 122 cm³/mol. The summed E-state index contributed by atoms with van der Waals surface area (Å²) in [6, 6.07) is 12.4. The van der Waals surface area contributed by atoms with Crippen LogP contribution in [-0.2, 0) is 26.0 Å². The number of nitrogens with zero attached hydrogens (tertiary/aromatic N) is 1. The molecule has 166 valence electrons. The molecule has 0 aromatic heterocycles. The third-order valence-electron chi connectivity index (χ3n) is 5.42. The number of carbonyl (C=O) groups is 2. The molecule has 0 saturated carbocycles. The number of carbonyl (C=O) groups excluding carboxylic acids is 2. The molecule has 3 rings (SSSR count). The van der Waals surface area contributed by atoms with Gasteiger partial charge in [0.2, 0.25) is 21.8 Å². The highest BCUT2D eigenvalue weighted by molar-refractivity contribution is 7.89. The second-order valence-corrected chi connectivity index (χ2v) is 9.97. The van der Waals surface area contributed by atoms with E-state index in [2.05, 4.69) is 23.9 Å². The van der Waals surface area contributed by atoms with Gasteiger partial charge in [-0.25, -0.2) is 13.1 Å². The first-order chi connectivity index (χ1) is 14.6. The fourth-order valence-electron chi connectivity index (χ4n) is 3.81. The maximum Gasteiger partial charge on any atom is 0.240 e. The Morgan fingerprint density at radius 1 is 1.13 bits per heavy atom. The molecule has 0 aliphatic carbocycles. The molecular weight excluding hydrogens is 414 g/mol. The molecule has 0 bridgehead atoms. The van der Waals surface area contributed by atoms with Crippen LogP contribution < -0.4 is 14.9 Å². The minimum atomic E-state index is -3.75. The van der Waals surface area contributed by atoms with Crippen LogP contribution in [0.4, 0.5) is 11.4 Å². The summed E-state index contributed by atoms with van der Waals surface area (Å²) in [5, 5.41) is 2.78. The molecule has 0 fully saturated rings. The van der Waals surface area contributed by atoms with Crippen LogP contribution in [0, 0.1) is 0 Å². The number of hydrogen-bond acceptors (Lipinski definition) is 4. The Bertz CT molecular complexity index is 1080. The SMILES string of the molecule is CC(=O)N1c2ccc(S(=O)(=O)NCCC(=O)Nc3ccc(C(C)C)cc3)cc2C[C@H]1C. The molecule has 0 saturated heterocycles. The van der Waals surface area contributed by atoms with Crippen LogP contribution in [0.15, 0.2) is 47.4 Å². The Balaban J connectivity index is 1.57. The Kier molecular flexibility index (Phi) is 6.81. The monoisotopic (exact) mass is 443 g/mol. The second-order valence-electron chi connectivity index (χ2n) is 8.21. The van der Waals surface area contributed by atoms with Crippen LogP contribution in [0.2, 0.25) is 0 Å². The van der Waals surface area contributed by atoms with Crippen molar-refractivity contribution in [2.75, 3.05) is 16.8 Å². The van der Waals surface area contributed by atoms with Crippen molar-refractivity contribution in [1.29, 1.82) is 0 Å². The molecule has 2 aromatic carbocycles. The van der Waals surface area contributed by atoms with Gasteiger partial charge in [-0.3, -0.25) is 9.59 Å². The predicted octanol–water partition coefficient (Wildman–Crippen LogP) is 3.41. The molecule has 1 heterocycles. The van der Waals surface area contributed by atoms with E-state index < -0.39 is 10.0 Å². The van der Waals surface area contributed by atoms with Crippen molar-refractivity contribution in [3.8, 4) is 0 Å². The zero-order chi connectivity index (χ0) is 22.8. The first-order valence-corrected chi connectivity index (χ1v) is 11.9. The van der Waals surface area contributed by atoms with E-state index in [0.29, 0.717) is 18.0 Å². The molecule has 7 nitrogen and oxygen atoms in total. The van der Waals surface area contributed by atoms with Gasteiger partial charge in [-0.1, -0.05) is 26.0 Å². The van der Waals surface area contributed by atoms with Crippen molar-refractivity contribution < 1.29 is 18.0 Å². The van der Waals surface area contributed by atoms with Crippen molar-refractivity contribution in [2.45, 2.75) is 57.4 Å². The highest BCUT2D eigenvalue weighted by Gasteiger charge is 2.30. The van der Waals surface area contributed by atoms with Crippen LogP contribution >= 0.6 is 0 Å². The summed E-state index contributed by atoms with van der Waals surface area (Å²) in [6.45, 7) is 7.62. The lowest BCUT2D eigenvalue weighted by atomic mass is 10.0. The van der Waals surface area contributed by atoms with Crippen molar-refractivity contribution >= 4 is 33.2 Å². The number of anilines is 2. The van der Waals surface area contributed by atoms with Gasteiger partial charge in [-0.05, 0) is 60.7 Å². The van der Waals surface area contributed by atoms with E-state index in [4.69, 9.17) is 0 Å². The normalized spacial score (nSPS) is 15.8. The largest absolute Gasteiger partial charge is 0.326 e.